The van der Waals surface area contributed by atoms with Crippen LogP contribution in [0, 0.1) is 18.3 Å². The fraction of sp³-hybridized carbons (Fsp3) is 0.529. The molecule has 0 atom stereocenters. The number of amides is 1. The van der Waals surface area contributed by atoms with E-state index in [9.17, 15) is 4.79 Å². The molecule has 0 unspecified atom stereocenters. The van der Waals surface area contributed by atoms with E-state index in [2.05, 4.69) is 53.6 Å². The molecule has 1 amide bonds. The Morgan fingerprint density at radius 1 is 1.36 bits per heavy atom. The summed E-state index contributed by atoms with van der Waals surface area (Å²) in [6, 6.07) is 8.61. The molecule has 22 heavy (non-hydrogen) atoms. The number of rotatable bonds is 9. The van der Waals surface area contributed by atoms with Gasteiger partial charge in [-0.05, 0) is 37.1 Å². The van der Waals surface area contributed by atoms with Gasteiger partial charge in [0.05, 0.1) is 12.5 Å². The van der Waals surface area contributed by atoms with Crippen LogP contribution in [-0.2, 0) is 11.3 Å². The first-order chi connectivity index (χ1) is 10.6. The molecule has 1 aromatic rings. The number of benzene rings is 1. The third-order valence-corrected chi connectivity index (χ3v) is 3.56. The first-order valence-electron chi connectivity index (χ1n) is 7.75. The van der Waals surface area contributed by atoms with Crippen molar-refractivity contribution in [3.63, 3.8) is 0 Å². The van der Waals surface area contributed by atoms with Crippen molar-refractivity contribution in [2.45, 2.75) is 33.7 Å². The molecule has 5 heteroatoms. The Bertz CT molecular complexity index is 522. The first kappa shape index (κ1) is 18.0. The Labute approximate surface area is 133 Å². The summed E-state index contributed by atoms with van der Waals surface area (Å²) in [6.07, 6.45) is 0.541. The summed E-state index contributed by atoms with van der Waals surface area (Å²) >= 11 is 0. The third kappa shape index (κ3) is 6.15. The second-order valence-electron chi connectivity index (χ2n) is 5.26. The average Bonchev–Trinajstić information content (AvgIpc) is 2.49. The van der Waals surface area contributed by atoms with Gasteiger partial charge in [-0.3, -0.25) is 4.79 Å². The molecule has 0 radical (unpaired) electrons. The summed E-state index contributed by atoms with van der Waals surface area (Å²) in [4.78, 5) is 13.0. The Kier molecular flexibility index (Phi) is 8.01. The molecule has 2 N–H and O–H groups in total. The van der Waals surface area contributed by atoms with Crippen LogP contribution in [0.3, 0.4) is 0 Å². The van der Waals surface area contributed by atoms with Crippen molar-refractivity contribution in [1.82, 2.24) is 10.6 Å². The molecule has 1 rings (SSSR count). The lowest BCUT2D eigenvalue weighted by atomic mass is 10.1. The van der Waals surface area contributed by atoms with E-state index in [0.29, 0.717) is 13.0 Å². The molecule has 0 bridgehead atoms. The number of nitriles is 1. The molecule has 1 aromatic carbocycles. The van der Waals surface area contributed by atoms with E-state index >= 15 is 0 Å². The standard InChI is InChI=1S/C17H26N4O/c1-4-21(11-5-8-18)17-7-6-16(14(2)12-17)13-19-9-10-20-15(3)22/h6-7,12,19H,4-5,9-11,13H2,1-3H3,(H,20,22). The molecule has 0 spiro atoms. The van der Waals surface area contributed by atoms with Crippen LogP contribution in [0.1, 0.15) is 31.4 Å². The van der Waals surface area contributed by atoms with Crippen molar-refractivity contribution < 1.29 is 4.79 Å². The zero-order valence-corrected chi connectivity index (χ0v) is 13.8. The predicted octanol–water partition coefficient (Wildman–Crippen LogP) is 1.96. The van der Waals surface area contributed by atoms with Gasteiger partial charge in [0.25, 0.3) is 0 Å². The van der Waals surface area contributed by atoms with Gasteiger partial charge in [0.1, 0.15) is 0 Å². The monoisotopic (exact) mass is 302 g/mol. The second kappa shape index (κ2) is 9.80. The SMILES string of the molecule is CCN(CCC#N)c1ccc(CNCCNC(C)=O)c(C)c1. The fourth-order valence-corrected chi connectivity index (χ4v) is 2.28. The summed E-state index contributed by atoms with van der Waals surface area (Å²) in [7, 11) is 0. The Morgan fingerprint density at radius 3 is 2.73 bits per heavy atom. The van der Waals surface area contributed by atoms with Crippen molar-refractivity contribution >= 4 is 11.6 Å². The highest BCUT2D eigenvalue weighted by Gasteiger charge is 2.06. The summed E-state index contributed by atoms with van der Waals surface area (Å²) < 4.78 is 0. The molecular formula is C17H26N4O. The minimum Gasteiger partial charge on any atom is -0.371 e. The lowest BCUT2D eigenvalue weighted by molar-refractivity contribution is -0.118. The van der Waals surface area contributed by atoms with Crippen molar-refractivity contribution in [3.8, 4) is 6.07 Å². The highest BCUT2D eigenvalue weighted by Crippen LogP contribution is 2.19. The Balaban J connectivity index is 2.54. The van der Waals surface area contributed by atoms with Gasteiger partial charge in [-0.1, -0.05) is 6.07 Å². The van der Waals surface area contributed by atoms with Crippen LogP contribution in [0.15, 0.2) is 18.2 Å². The number of carbonyl (C=O) groups is 1. The summed E-state index contributed by atoms with van der Waals surface area (Å²) in [5, 5.41) is 14.8. The van der Waals surface area contributed by atoms with E-state index in [0.717, 1.165) is 31.9 Å². The molecule has 120 valence electrons. The maximum atomic E-state index is 10.8. The van der Waals surface area contributed by atoms with E-state index in [1.165, 1.54) is 18.1 Å². The maximum Gasteiger partial charge on any atom is 0.216 e. The average molecular weight is 302 g/mol. The zero-order chi connectivity index (χ0) is 16.4. The van der Waals surface area contributed by atoms with Crippen LogP contribution in [0.4, 0.5) is 5.69 Å². The first-order valence-corrected chi connectivity index (χ1v) is 7.75. The predicted molar refractivity (Wildman–Crippen MR) is 89.7 cm³/mol. The van der Waals surface area contributed by atoms with E-state index in [-0.39, 0.29) is 5.91 Å². The van der Waals surface area contributed by atoms with Gasteiger partial charge in [0.2, 0.25) is 5.91 Å². The minimum atomic E-state index is -0.000593. The highest BCUT2D eigenvalue weighted by molar-refractivity contribution is 5.72. The summed E-state index contributed by atoms with van der Waals surface area (Å²) in [5.41, 5.74) is 3.65. The van der Waals surface area contributed by atoms with Gasteiger partial charge in [-0.25, -0.2) is 0 Å². The Hall–Kier alpha value is -2.06. The molecule has 0 aliphatic carbocycles. The van der Waals surface area contributed by atoms with Crippen LogP contribution < -0.4 is 15.5 Å². The van der Waals surface area contributed by atoms with Gasteiger partial charge in [0.15, 0.2) is 0 Å². The molecule has 0 heterocycles. The van der Waals surface area contributed by atoms with Crippen LogP contribution >= 0.6 is 0 Å². The number of nitrogens with one attached hydrogen (secondary N) is 2. The van der Waals surface area contributed by atoms with Gasteiger partial charge >= 0.3 is 0 Å². The van der Waals surface area contributed by atoms with Crippen LogP contribution in [0.25, 0.3) is 0 Å². The lowest BCUT2D eigenvalue weighted by Gasteiger charge is -2.23. The summed E-state index contributed by atoms with van der Waals surface area (Å²) in [5.74, 6) is -0.000593. The molecule has 0 aliphatic heterocycles. The quantitative estimate of drug-likeness (QED) is 0.684. The second-order valence-corrected chi connectivity index (χ2v) is 5.26. The maximum absolute atomic E-state index is 10.8. The van der Waals surface area contributed by atoms with Crippen molar-refractivity contribution in [2.24, 2.45) is 0 Å². The molecule has 0 saturated heterocycles. The number of aryl methyl sites for hydroxylation is 1. The van der Waals surface area contributed by atoms with Gasteiger partial charge < -0.3 is 15.5 Å². The highest BCUT2D eigenvalue weighted by atomic mass is 16.1. The molecular weight excluding hydrogens is 276 g/mol. The van der Waals surface area contributed by atoms with E-state index in [1.54, 1.807) is 0 Å². The van der Waals surface area contributed by atoms with Crippen LogP contribution in [0.2, 0.25) is 0 Å². The van der Waals surface area contributed by atoms with Gasteiger partial charge in [-0.15, -0.1) is 0 Å². The normalized spacial score (nSPS) is 10.1. The van der Waals surface area contributed by atoms with E-state index in [4.69, 9.17) is 5.26 Å². The molecule has 0 aromatic heterocycles. The van der Waals surface area contributed by atoms with Gasteiger partial charge in [-0.2, -0.15) is 5.26 Å². The third-order valence-electron chi connectivity index (χ3n) is 3.56. The number of carbonyl (C=O) groups excluding carboxylic acids is 1. The van der Waals surface area contributed by atoms with Crippen LogP contribution in [-0.4, -0.2) is 32.1 Å². The molecule has 0 aliphatic rings. The fourth-order valence-electron chi connectivity index (χ4n) is 2.28. The number of nitrogens with zero attached hydrogens (tertiary/aromatic N) is 2. The zero-order valence-electron chi connectivity index (χ0n) is 13.8. The minimum absolute atomic E-state index is 0.000593. The Morgan fingerprint density at radius 2 is 2.14 bits per heavy atom. The number of hydrogen-bond acceptors (Lipinski definition) is 4. The van der Waals surface area contributed by atoms with Crippen molar-refractivity contribution in [1.29, 1.82) is 5.26 Å². The lowest BCUT2D eigenvalue weighted by Crippen LogP contribution is -2.30. The molecule has 0 fully saturated rings. The summed E-state index contributed by atoms with van der Waals surface area (Å²) in [6.45, 7) is 9.58. The smallest absolute Gasteiger partial charge is 0.216 e. The largest absolute Gasteiger partial charge is 0.371 e. The number of hydrogen-bond donors (Lipinski definition) is 2. The molecule has 0 saturated carbocycles. The topological polar surface area (TPSA) is 68.2 Å². The van der Waals surface area contributed by atoms with Crippen molar-refractivity contribution in [3.05, 3.63) is 29.3 Å². The van der Waals surface area contributed by atoms with E-state index in [1.807, 2.05) is 0 Å². The van der Waals surface area contributed by atoms with Crippen LogP contribution in [0.5, 0.6) is 0 Å². The van der Waals surface area contributed by atoms with Gasteiger partial charge in [0, 0.05) is 45.3 Å². The van der Waals surface area contributed by atoms with E-state index < -0.39 is 0 Å². The molecule has 5 nitrogen and oxygen atoms in total. The van der Waals surface area contributed by atoms with Crippen molar-refractivity contribution in [2.75, 3.05) is 31.1 Å². The number of anilines is 1.